The highest BCUT2D eigenvalue weighted by molar-refractivity contribution is 5.89. The van der Waals surface area contributed by atoms with E-state index in [0.717, 1.165) is 5.56 Å². The maximum atomic E-state index is 12.8. The Kier molecular flexibility index (Phi) is 8.96. The highest BCUT2D eigenvalue weighted by atomic mass is 16.6. The van der Waals surface area contributed by atoms with Crippen LogP contribution in [0.1, 0.15) is 46.6 Å². The molecular formula is C21H32N2O5. The standard InChI is InChI=1S/C21H32N2O5/c1-14(2)17(19(25)27-6)23-18(24)16(22-20(26)28-21(3,4)5)13-12-15-10-8-7-9-11-15/h7-11,14,16-17H,12-13H2,1-6H3,(H,22,26)(H,23,24)/t16-,17-/m1/s1. The van der Waals surface area contributed by atoms with Crippen molar-refractivity contribution in [1.82, 2.24) is 10.6 Å². The van der Waals surface area contributed by atoms with E-state index >= 15 is 0 Å². The van der Waals surface area contributed by atoms with E-state index in [0.29, 0.717) is 12.8 Å². The molecule has 2 amide bonds. The van der Waals surface area contributed by atoms with Gasteiger partial charge in [-0.2, -0.15) is 0 Å². The van der Waals surface area contributed by atoms with Crippen LogP contribution in [0, 0.1) is 5.92 Å². The van der Waals surface area contributed by atoms with Crippen molar-refractivity contribution in [3.8, 4) is 0 Å². The first-order valence-electron chi connectivity index (χ1n) is 9.45. The number of aryl methyl sites for hydroxylation is 1. The lowest BCUT2D eigenvalue weighted by Crippen LogP contribution is -2.54. The number of carbonyl (C=O) groups is 3. The van der Waals surface area contributed by atoms with Gasteiger partial charge in [0.25, 0.3) is 0 Å². The van der Waals surface area contributed by atoms with Gasteiger partial charge >= 0.3 is 12.1 Å². The molecule has 1 rings (SSSR count). The van der Waals surface area contributed by atoms with Gasteiger partial charge < -0.3 is 20.1 Å². The van der Waals surface area contributed by atoms with E-state index in [1.165, 1.54) is 7.11 Å². The third-order valence-corrected chi connectivity index (χ3v) is 3.99. The molecule has 0 aliphatic rings. The summed E-state index contributed by atoms with van der Waals surface area (Å²) in [6, 6.07) is 8.01. The quantitative estimate of drug-likeness (QED) is 0.664. The Hall–Kier alpha value is -2.57. The maximum Gasteiger partial charge on any atom is 0.408 e. The fourth-order valence-electron chi connectivity index (χ4n) is 2.55. The van der Waals surface area contributed by atoms with Crippen molar-refractivity contribution >= 4 is 18.0 Å². The van der Waals surface area contributed by atoms with Crippen LogP contribution in [0.5, 0.6) is 0 Å². The van der Waals surface area contributed by atoms with Crippen LogP contribution in [-0.2, 0) is 25.5 Å². The molecule has 0 radical (unpaired) electrons. The SMILES string of the molecule is COC(=O)[C@H](NC(=O)[C@@H](CCc1ccccc1)NC(=O)OC(C)(C)C)C(C)C. The van der Waals surface area contributed by atoms with Gasteiger partial charge in [0.05, 0.1) is 7.11 Å². The van der Waals surface area contributed by atoms with Crippen molar-refractivity contribution in [2.24, 2.45) is 5.92 Å². The van der Waals surface area contributed by atoms with Crippen LogP contribution in [0.15, 0.2) is 30.3 Å². The van der Waals surface area contributed by atoms with Gasteiger partial charge in [-0.25, -0.2) is 9.59 Å². The van der Waals surface area contributed by atoms with E-state index in [1.54, 1.807) is 20.8 Å². The molecule has 0 saturated carbocycles. The van der Waals surface area contributed by atoms with Crippen molar-refractivity contribution < 1.29 is 23.9 Å². The summed E-state index contributed by atoms with van der Waals surface area (Å²) in [6.45, 7) is 8.86. The predicted molar refractivity (Wildman–Crippen MR) is 107 cm³/mol. The Bertz CT molecular complexity index is 653. The van der Waals surface area contributed by atoms with Crippen LogP contribution in [0.2, 0.25) is 0 Å². The van der Waals surface area contributed by atoms with Gasteiger partial charge in [-0.05, 0) is 45.1 Å². The number of methoxy groups -OCH3 is 1. The zero-order valence-electron chi connectivity index (χ0n) is 17.6. The van der Waals surface area contributed by atoms with Gasteiger partial charge in [-0.3, -0.25) is 4.79 Å². The first kappa shape index (κ1) is 23.5. The van der Waals surface area contributed by atoms with Gasteiger partial charge in [0.2, 0.25) is 5.91 Å². The van der Waals surface area contributed by atoms with Crippen molar-refractivity contribution in [2.75, 3.05) is 7.11 Å². The molecule has 0 spiro atoms. The molecule has 0 heterocycles. The summed E-state index contributed by atoms with van der Waals surface area (Å²) in [7, 11) is 1.27. The molecule has 1 aromatic rings. The summed E-state index contributed by atoms with van der Waals surface area (Å²) in [5, 5.41) is 5.31. The maximum absolute atomic E-state index is 12.8. The summed E-state index contributed by atoms with van der Waals surface area (Å²) in [6.07, 6.45) is 0.264. The fraction of sp³-hybridized carbons (Fsp3) is 0.571. The lowest BCUT2D eigenvalue weighted by atomic mass is 10.0. The number of nitrogens with one attached hydrogen (secondary N) is 2. The molecule has 0 aromatic heterocycles. The third kappa shape index (κ3) is 8.41. The second-order valence-corrected chi connectivity index (χ2v) is 7.98. The van der Waals surface area contributed by atoms with E-state index in [1.807, 2.05) is 44.2 Å². The van der Waals surface area contributed by atoms with Crippen LogP contribution < -0.4 is 10.6 Å². The molecule has 0 fully saturated rings. The Morgan fingerprint density at radius 2 is 1.64 bits per heavy atom. The largest absolute Gasteiger partial charge is 0.467 e. The number of hydrogen-bond acceptors (Lipinski definition) is 5. The average Bonchev–Trinajstić information content (AvgIpc) is 2.61. The second kappa shape index (κ2) is 10.7. The molecule has 7 nitrogen and oxygen atoms in total. The van der Waals surface area contributed by atoms with Gasteiger partial charge in [0, 0.05) is 0 Å². The van der Waals surface area contributed by atoms with E-state index in [2.05, 4.69) is 10.6 Å². The average molecular weight is 392 g/mol. The Morgan fingerprint density at radius 3 is 2.14 bits per heavy atom. The minimum atomic E-state index is -0.846. The molecule has 2 atom stereocenters. The highest BCUT2D eigenvalue weighted by Crippen LogP contribution is 2.11. The number of esters is 1. The van der Waals surface area contributed by atoms with Gasteiger partial charge in [0.1, 0.15) is 17.7 Å². The van der Waals surface area contributed by atoms with Crippen LogP contribution >= 0.6 is 0 Å². The summed E-state index contributed by atoms with van der Waals surface area (Å²) in [4.78, 5) is 37.0. The van der Waals surface area contributed by atoms with Gasteiger partial charge in [-0.15, -0.1) is 0 Å². The lowest BCUT2D eigenvalue weighted by molar-refractivity contribution is -0.146. The third-order valence-electron chi connectivity index (χ3n) is 3.99. The number of amides is 2. The number of alkyl carbamates (subject to hydrolysis) is 1. The molecule has 2 N–H and O–H groups in total. The van der Waals surface area contributed by atoms with E-state index in [9.17, 15) is 14.4 Å². The minimum absolute atomic E-state index is 0.160. The predicted octanol–water partition coefficient (Wildman–Crippen LogP) is 2.83. The van der Waals surface area contributed by atoms with Crippen LogP contribution in [0.3, 0.4) is 0 Å². The van der Waals surface area contributed by atoms with Gasteiger partial charge in [0.15, 0.2) is 0 Å². The monoisotopic (exact) mass is 392 g/mol. The van der Waals surface area contributed by atoms with Crippen LogP contribution in [0.25, 0.3) is 0 Å². The number of rotatable bonds is 8. The Labute approximate surface area is 167 Å². The summed E-state index contributed by atoms with van der Waals surface area (Å²) >= 11 is 0. The van der Waals surface area contributed by atoms with Crippen molar-refractivity contribution in [2.45, 2.75) is 65.1 Å². The normalized spacial score (nSPS) is 13.4. The number of benzene rings is 1. The van der Waals surface area contributed by atoms with E-state index < -0.39 is 35.7 Å². The van der Waals surface area contributed by atoms with Crippen molar-refractivity contribution in [3.05, 3.63) is 35.9 Å². The Balaban J connectivity index is 2.89. The number of carbonyl (C=O) groups excluding carboxylic acids is 3. The highest BCUT2D eigenvalue weighted by Gasteiger charge is 2.30. The van der Waals surface area contributed by atoms with E-state index in [4.69, 9.17) is 9.47 Å². The number of hydrogen-bond donors (Lipinski definition) is 2. The summed E-state index contributed by atoms with van der Waals surface area (Å²) < 4.78 is 10.0. The lowest BCUT2D eigenvalue weighted by Gasteiger charge is -2.26. The zero-order valence-corrected chi connectivity index (χ0v) is 17.6. The first-order valence-corrected chi connectivity index (χ1v) is 9.45. The summed E-state index contributed by atoms with van der Waals surface area (Å²) in [5.74, 6) is -1.14. The molecule has 156 valence electrons. The van der Waals surface area contributed by atoms with E-state index in [-0.39, 0.29) is 5.92 Å². The van der Waals surface area contributed by atoms with Gasteiger partial charge in [-0.1, -0.05) is 44.2 Å². The van der Waals surface area contributed by atoms with Crippen LogP contribution in [0.4, 0.5) is 4.79 Å². The van der Waals surface area contributed by atoms with Crippen molar-refractivity contribution in [3.63, 3.8) is 0 Å². The molecular weight excluding hydrogens is 360 g/mol. The van der Waals surface area contributed by atoms with Crippen molar-refractivity contribution in [1.29, 1.82) is 0 Å². The number of ether oxygens (including phenoxy) is 2. The molecule has 1 aromatic carbocycles. The molecule has 0 aliphatic carbocycles. The molecule has 0 aliphatic heterocycles. The Morgan fingerprint density at radius 1 is 1.04 bits per heavy atom. The summed E-state index contributed by atoms with van der Waals surface area (Å²) in [5.41, 5.74) is 0.358. The fourth-order valence-corrected chi connectivity index (χ4v) is 2.55. The first-order chi connectivity index (χ1) is 13.0. The minimum Gasteiger partial charge on any atom is -0.467 e. The zero-order chi connectivity index (χ0) is 21.3. The second-order valence-electron chi connectivity index (χ2n) is 7.98. The van der Waals surface area contributed by atoms with Crippen LogP contribution in [-0.4, -0.2) is 42.8 Å². The topological polar surface area (TPSA) is 93.7 Å². The smallest absolute Gasteiger partial charge is 0.408 e. The molecule has 28 heavy (non-hydrogen) atoms. The molecule has 0 saturated heterocycles. The molecule has 0 unspecified atom stereocenters. The molecule has 0 bridgehead atoms. The molecule has 7 heteroatoms.